The fourth-order valence-corrected chi connectivity index (χ4v) is 1.27. The van der Waals surface area contributed by atoms with Crippen molar-refractivity contribution in [3.05, 3.63) is 0 Å². The second-order valence-electron chi connectivity index (χ2n) is 3.34. The molecule has 66 valence electrons. The van der Waals surface area contributed by atoms with Crippen molar-refractivity contribution in [2.45, 2.75) is 38.8 Å². The molecule has 0 aromatic heterocycles. The van der Waals surface area contributed by atoms with Gasteiger partial charge >= 0.3 is 0 Å². The molecule has 1 rings (SSSR count). The highest BCUT2D eigenvalue weighted by atomic mass is 16.6. The SMILES string of the molecule is CCONC1CCOC1(C)C. The monoisotopic (exact) mass is 159 g/mol. The summed E-state index contributed by atoms with van der Waals surface area (Å²) in [6.07, 6.45) is 1.03. The molecule has 1 N–H and O–H groups in total. The van der Waals surface area contributed by atoms with Crippen molar-refractivity contribution in [3.63, 3.8) is 0 Å². The maximum Gasteiger partial charge on any atom is 0.0802 e. The summed E-state index contributed by atoms with van der Waals surface area (Å²) in [5.74, 6) is 0. The average molecular weight is 159 g/mol. The van der Waals surface area contributed by atoms with Crippen LogP contribution in [0.2, 0.25) is 0 Å². The summed E-state index contributed by atoms with van der Waals surface area (Å²) in [6, 6.07) is 0.336. The van der Waals surface area contributed by atoms with Crippen molar-refractivity contribution in [3.8, 4) is 0 Å². The lowest BCUT2D eigenvalue weighted by Crippen LogP contribution is -2.43. The van der Waals surface area contributed by atoms with E-state index in [0.717, 1.165) is 13.0 Å². The number of ether oxygens (including phenoxy) is 1. The quantitative estimate of drug-likeness (QED) is 0.625. The fraction of sp³-hybridized carbons (Fsp3) is 1.00. The summed E-state index contributed by atoms with van der Waals surface area (Å²) in [6.45, 7) is 7.66. The van der Waals surface area contributed by atoms with Gasteiger partial charge in [-0.15, -0.1) is 0 Å². The molecule has 1 aliphatic rings. The summed E-state index contributed by atoms with van der Waals surface area (Å²) in [4.78, 5) is 5.12. The molecule has 3 nitrogen and oxygen atoms in total. The molecule has 1 aliphatic heterocycles. The minimum atomic E-state index is -0.0742. The summed E-state index contributed by atoms with van der Waals surface area (Å²) >= 11 is 0. The molecule has 0 amide bonds. The van der Waals surface area contributed by atoms with Gasteiger partial charge in [-0.05, 0) is 27.2 Å². The maximum atomic E-state index is 5.51. The minimum absolute atomic E-state index is 0.0742. The van der Waals surface area contributed by atoms with Crippen molar-refractivity contribution in [2.24, 2.45) is 0 Å². The molecule has 11 heavy (non-hydrogen) atoms. The van der Waals surface area contributed by atoms with Crippen LogP contribution in [0, 0.1) is 0 Å². The molecule has 3 heteroatoms. The molecule has 1 fully saturated rings. The highest BCUT2D eigenvalue weighted by molar-refractivity contribution is 4.88. The highest BCUT2D eigenvalue weighted by Crippen LogP contribution is 2.24. The summed E-state index contributed by atoms with van der Waals surface area (Å²) < 4.78 is 5.51. The molecular weight excluding hydrogens is 142 g/mol. The first kappa shape index (κ1) is 8.97. The largest absolute Gasteiger partial charge is 0.374 e. The van der Waals surface area contributed by atoms with Crippen LogP contribution in [-0.4, -0.2) is 24.9 Å². The van der Waals surface area contributed by atoms with Gasteiger partial charge in [-0.1, -0.05) is 0 Å². The van der Waals surface area contributed by atoms with Crippen LogP contribution in [0.3, 0.4) is 0 Å². The van der Waals surface area contributed by atoms with E-state index in [1.165, 1.54) is 0 Å². The summed E-state index contributed by atoms with van der Waals surface area (Å²) in [5, 5.41) is 0. The van der Waals surface area contributed by atoms with E-state index in [1.807, 2.05) is 6.92 Å². The van der Waals surface area contributed by atoms with Crippen molar-refractivity contribution in [2.75, 3.05) is 13.2 Å². The Kier molecular flexibility index (Phi) is 2.87. The number of rotatable bonds is 3. The molecule has 0 aromatic rings. The third-order valence-electron chi connectivity index (χ3n) is 2.09. The predicted molar refractivity (Wildman–Crippen MR) is 43.2 cm³/mol. The van der Waals surface area contributed by atoms with Crippen molar-refractivity contribution < 1.29 is 9.57 Å². The Balaban J connectivity index is 2.32. The molecule has 1 unspecified atom stereocenters. The first-order chi connectivity index (χ1) is 5.17. The van der Waals surface area contributed by atoms with Gasteiger partial charge in [0.25, 0.3) is 0 Å². The van der Waals surface area contributed by atoms with Gasteiger partial charge in [0.1, 0.15) is 0 Å². The third kappa shape index (κ3) is 2.15. The standard InChI is InChI=1S/C8H17NO2/c1-4-11-9-7-5-6-10-8(7,2)3/h7,9H,4-6H2,1-3H3. The fourth-order valence-electron chi connectivity index (χ4n) is 1.27. The number of hydroxylamine groups is 1. The van der Waals surface area contributed by atoms with Gasteiger partial charge in [0, 0.05) is 6.61 Å². The molecule has 0 saturated carbocycles. The van der Waals surface area contributed by atoms with Gasteiger partial charge < -0.3 is 9.57 Å². The van der Waals surface area contributed by atoms with E-state index in [2.05, 4.69) is 19.3 Å². The van der Waals surface area contributed by atoms with Crippen LogP contribution in [0.1, 0.15) is 27.2 Å². The van der Waals surface area contributed by atoms with E-state index >= 15 is 0 Å². The topological polar surface area (TPSA) is 30.5 Å². The van der Waals surface area contributed by atoms with E-state index < -0.39 is 0 Å². The van der Waals surface area contributed by atoms with E-state index in [1.54, 1.807) is 0 Å². The smallest absolute Gasteiger partial charge is 0.0802 e. The zero-order valence-corrected chi connectivity index (χ0v) is 7.52. The van der Waals surface area contributed by atoms with Gasteiger partial charge in [0.05, 0.1) is 18.2 Å². The molecule has 0 bridgehead atoms. The third-order valence-corrected chi connectivity index (χ3v) is 2.09. The molecule has 1 atom stereocenters. The molecular formula is C8H17NO2. The van der Waals surface area contributed by atoms with Crippen LogP contribution in [0.15, 0.2) is 0 Å². The van der Waals surface area contributed by atoms with Gasteiger partial charge in [0.2, 0.25) is 0 Å². The predicted octanol–water partition coefficient (Wildman–Crippen LogP) is 1.09. The Morgan fingerprint density at radius 3 is 2.82 bits per heavy atom. The van der Waals surface area contributed by atoms with E-state index in [4.69, 9.17) is 9.57 Å². The van der Waals surface area contributed by atoms with Crippen LogP contribution in [0.5, 0.6) is 0 Å². The molecule has 0 spiro atoms. The lowest BCUT2D eigenvalue weighted by Gasteiger charge is -2.25. The van der Waals surface area contributed by atoms with Crippen LogP contribution in [-0.2, 0) is 9.57 Å². The second-order valence-corrected chi connectivity index (χ2v) is 3.34. The zero-order valence-electron chi connectivity index (χ0n) is 7.52. The van der Waals surface area contributed by atoms with Crippen LogP contribution in [0.4, 0.5) is 0 Å². The normalized spacial score (nSPS) is 29.2. The Bertz CT molecular complexity index is 125. The van der Waals surface area contributed by atoms with Gasteiger partial charge in [-0.25, -0.2) is 0 Å². The number of nitrogens with one attached hydrogen (secondary N) is 1. The first-order valence-electron chi connectivity index (χ1n) is 4.18. The molecule has 0 radical (unpaired) electrons. The average Bonchev–Trinajstić information content (AvgIpc) is 2.25. The van der Waals surface area contributed by atoms with Gasteiger partial charge in [-0.2, -0.15) is 5.48 Å². The lowest BCUT2D eigenvalue weighted by molar-refractivity contribution is -0.0393. The number of hydrogen-bond acceptors (Lipinski definition) is 3. The molecule has 0 aliphatic carbocycles. The van der Waals surface area contributed by atoms with Crippen LogP contribution >= 0.6 is 0 Å². The van der Waals surface area contributed by atoms with Crippen molar-refractivity contribution >= 4 is 0 Å². The molecule has 0 aromatic carbocycles. The highest BCUT2D eigenvalue weighted by Gasteiger charge is 2.35. The minimum Gasteiger partial charge on any atom is -0.374 e. The van der Waals surface area contributed by atoms with Crippen LogP contribution in [0.25, 0.3) is 0 Å². The van der Waals surface area contributed by atoms with Crippen LogP contribution < -0.4 is 5.48 Å². The van der Waals surface area contributed by atoms with Gasteiger partial charge in [-0.3, -0.25) is 0 Å². The number of hydrogen-bond donors (Lipinski definition) is 1. The van der Waals surface area contributed by atoms with Gasteiger partial charge in [0.15, 0.2) is 0 Å². The Labute approximate surface area is 68.0 Å². The second kappa shape index (κ2) is 3.52. The van der Waals surface area contributed by atoms with E-state index in [9.17, 15) is 0 Å². The van der Waals surface area contributed by atoms with E-state index in [-0.39, 0.29) is 5.60 Å². The van der Waals surface area contributed by atoms with Crippen molar-refractivity contribution in [1.82, 2.24) is 5.48 Å². The summed E-state index contributed by atoms with van der Waals surface area (Å²) in [5.41, 5.74) is 2.92. The zero-order chi connectivity index (χ0) is 8.32. The Hall–Kier alpha value is -0.120. The Morgan fingerprint density at radius 1 is 1.64 bits per heavy atom. The lowest BCUT2D eigenvalue weighted by atomic mass is 10.0. The van der Waals surface area contributed by atoms with E-state index in [0.29, 0.717) is 12.6 Å². The maximum absolute atomic E-state index is 5.51. The molecule has 1 heterocycles. The first-order valence-corrected chi connectivity index (χ1v) is 4.18. The Morgan fingerprint density at radius 2 is 2.36 bits per heavy atom. The molecule has 1 saturated heterocycles. The summed E-state index contributed by atoms with van der Waals surface area (Å²) in [7, 11) is 0. The van der Waals surface area contributed by atoms with Crippen molar-refractivity contribution in [1.29, 1.82) is 0 Å².